The summed E-state index contributed by atoms with van der Waals surface area (Å²) in [5.41, 5.74) is 13.6. The van der Waals surface area contributed by atoms with Gasteiger partial charge >= 0.3 is 0 Å². The van der Waals surface area contributed by atoms with Crippen molar-refractivity contribution in [3.8, 4) is 28.6 Å². The molecule has 0 spiro atoms. The molecule has 3 aromatic heterocycles. The number of rotatable bonds is 3. The van der Waals surface area contributed by atoms with Crippen LogP contribution in [0.1, 0.15) is 27.8 Å². The van der Waals surface area contributed by atoms with Gasteiger partial charge in [-0.1, -0.05) is 66.7 Å². The quantitative estimate of drug-likeness (QED) is 0.214. The van der Waals surface area contributed by atoms with Crippen LogP contribution in [0.4, 0.5) is 0 Å². The van der Waals surface area contributed by atoms with E-state index >= 15 is 0 Å². The van der Waals surface area contributed by atoms with E-state index in [0.717, 1.165) is 44.6 Å². The second kappa shape index (κ2) is 9.69. The molecule has 0 bridgehead atoms. The van der Waals surface area contributed by atoms with E-state index in [1.54, 1.807) is 0 Å². The lowest BCUT2D eigenvalue weighted by atomic mass is 9.97. The first-order valence-corrected chi connectivity index (χ1v) is 14.9. The van der Waals surface area contributed by atoms with Crippen molar-refractivity contribution < 1.29 is 0 Å². The Balaban J connectivity index is 1.61. The Hall–Kier alpha value is -5.66. The van der Waals surface area contributed by atoms with Crippen LogP contribution in [0.2, 0.25) is 0 Å². The third-order valence-corrected chi connectivity index (χ3v) is 8.86. The molecule has 4 heteroatoms. The molecule has 0 amide bonds. The summed E-state index contributed by atoms with van der Waals surface area (Å²) in [6.07, 6.45) is 3.92. The van der Waals surface area contributed by atoms with Gasteiger partial charge in [-0.25, -0.2) is 0 Å². The summed E-state index contributed by atoms with van der Waals surface area (Å²) in [6, 6.07) is 37.0. The van der Waals surface area contributed by atoms with Crippen molar-refractivity contribution >= 4 is 43.6 Å². The van der Waals surface area contributed by atoms with Crippen LogP contribution in [0.25, 0.3) is 66.1 Å². The van der Waals surface area contributed by atoms with Crippen LogP contribution in [0.15, 0.2) is 109 Å². The molecule has 0 aliphatic rings. The van der Waals surface area contributed by atoms with Gasteiger partial charge in [-0.3, -0.25) is 4.98 Å². The van der Waals surface area contributed by atoms with E-state index in [0.29, 0.717) is 5.56 Å². The fourth-order valence-corrected chi connectivity index (χ4v) is 6.85. The minimum absolute atomic E-state index is 0.627. The monoisotopic (exact) mass is 566 g/mol. The van der Waals surface area contributed by atoms with E-state index in [4.69, 9.17) is 4.98 Å². The second-order valence-electron chi connectivity index (χ2n) is 12.0. The van der Waals surface area contributed by atoms with E-state index in [1.165, 1.54) is 43.8 Å². The Bertz CT molecular complexity index is 2240. The molecular weight excluding hydrogens is 536 g/mol. The first kappa shape index (κ1) is 26.0. The van der Waals surface area contributed by atoms with E-state index < -0.39 is 0 Å². The van der Waals surface area contributed by atoms with Crippen molar-refractivity contribution in [2.24, 2.45) is 0 Å². The lowest BCUT2D eigenvalue weighted by Crippen LogP contribution is -2.06. The van der Waals surface area contributed by atoms with E-state index in [2.05, 4.69) is 122 Å². The SMILES string of the molecule is Cc1ccc2c3ccc(C)cc3n(-c3cncc(-n4c5cc(C)ccc5c5ccc(C)cc54)c3-c3ccccc3C#N)c2c1. The number of hydrogen-bond donors (Lipinski definition) is 0. The van der Waals surface area contributed by atoms with Gasteiger partial charge in [-0.15, -0.1) is 0 Å². The Morgan fingerprint density at radius 2 is 0.909 bits per heavy atom. The number of hydrogen-bond acceptors (Lipinski definition) is 2. The molecule has 0 saturated carbocycles. The molecule has 0 saturated heterocycles. The Morgan fingerprint density at radius 3 is 1.30 bits per heavy atom. The predicted octanol–water partition coefficient (Wildman–Crippen LogP) is 10.0. The van der Waals surface area contributed by atoms with Gasteiger partial charge in [-0.05, 0) is 80.3 Å². The maximum atomic E-state index is 10.4. The Kier molecular flexibility index (Phi) is 5.73. The third kappa shape index (κ3) is 3.80. The van der Waals surface area contributed by atoms with Crippen molar-refractivity contribution in [1.29, 1.82) is 5.26 Å². The highest BCUT2D eigenvalue weighted by Gasteiger charge is 2.23. The molecule has 8 rings (SSSR count). The normalized spacial score (nSPS) is 11.6. The minimum Gasteiger partial charge on any atom is -0.307 e. The summed E-state index contributed by atoms with van der Waals surface area (Å²) in [4.78, 5) is 4.93. The fraction of sp³-hybridized carbons (Fsp3) is 0.100. The summed E-state index contributed by atoms with van der Waals surface area (Å²) in [7, 11) is 0. The van der Waals surface area contributed by atoms with Gasteiger partial charge in [0, 0.05) is 32.7 Å². The van der Waals surface area contributed by atoms with Gasteiger partial charge < -0.3 is 9.13 Å². The van der Waals surface area contributed by atoms with Crippen LogP contribution < -0.4 is 0 Å². The van der Waals surface area contributed by atoms with Crippen LogP contribution >= 0.6 is 0 Å². The lowest BCUT2D eigenvalue weighted by molar-refractivity contribution is 1.09. The third-order valence-electron chi connectivity index (χ3n) is 8.86. The van der Waals surface area contributed by atoms with Gasteiger partial charge in [0.2, 0.25) is 0 Å². The molecule has 8 aromatic rings. The average Bonchev–Trinajstić information content (AvgIpc) is 3.50. The molecule has 0 radical (unpaired) electrons. The molecule has 0 aliphatic carbocycles. The van der Waals surface area contributed by atoms with E-state index in [9.17, 15) is 5.26 Å². The molecule has 210 valence electrons. The van der Waals surface area contributed by atoms with Crippen LogP contribution in [-0.2, 0) is 0 Å². The van der Waals surface area contributed by atoms with Crippen LogP contribution in [0, 0.1) is 39.0 Å². The summed E-state index contributed by atoms with van der Waals surface area (Å²) in [5.74, 6) is 0. The van der Waals surface area contributed by atoms with Crippen molar-refractivity contribution in [2.45, 2.75) is 27.7 Å². The molecule has 0 aliphatic heterocycles. The number of aromatic nitrogens is 3. The molecule has 44 heavy (non-hydrogen) atoms. The van der Waals surface area contributed by atoms with Gasteiger partial charge in [0.15, 0.2) is 0 Å². The van der Waals surface area contributed by atoms with Gasteiger partial charge in [0.05, 0.1) is 57.5 Å². The second-order valence-corrected chi connectivity index (χ2v) is 12.0. The maximum Gasteiger partial charge on any atom is 0.0998 e. The Labute approximate surface area is 256 Å². The zero-order valence-corrected chi connectivity index (χ0v) is 25.2. The van der Waals surface area contributed by atoms with Crippen molar-refractivity contribution in [3.05, 3.63) is 137 Å². The van der Waals surface area contributed by atoms with Crippen LogP contribution in [0.5, 0.6) is 0 Å². The van der Waals surface area contributed by atoms with E-state index in [1.807, 2.05) is 30.6 Å². The molecule has 4 nitrogen and oxygen atoms in total. The standard InChI is InChI=1S/C40H30N4/c1-24-9-13-30-31-14-10-25(2)18-35(31)43(34(30)17-24)38-22-42-23-39(40(38)29-8-6-5-7-28(29)21-41)44-36-19-26(3)11-15-32(36)33-16-12-27(4)20-37(33)44/h5-20,22-23H,1-4H3. The summed E-state index contributed by atoms with van der Waals surface area (Å²) in [6.45, 7) is 8.54. The van der Waals surface area contributed by atoms with Gasteiger partial charge in [0.25, 0.3) is 0 Å². The minimum atomic E-state index is 0.627. The van der Waals surface area contributed by atoms with Crippen LogP contribution in [-0.4, -0.2) is 14.1 Å². The number of aryl methyl sites for hydroxylation is 4. The van der Waals surface area contributed by atoms with Crippen LogP contribution in [0.3, 0.4) is 0 Å². The zero-order chi connectivity index (χ0) is 30.1. The van der Waals surface area contributed by atoms with Gasteiger partial charge in [-0.2, -0.15) is 5.26 Å². The topological polar surface area (TPSA) is 46.5 Å². The molecule has 3 heterocycles. The largest absolute Gasteiger partial charge is 0.307 e. The molecule has 0 atom stereocenters. The zero-order valence-electron chi connectivity index (χ0n) is 25.2. The van der Waals surface area contributed by atoms with Crippen molar-refractivity contribution in [2.75, 3.05) is 0 Å². The summed E-state index contributed by atoms with van der Waals surface area (Å²) in [5, 5.41) is 15.1. The number of nitrogens with zero attached hydrogens (tertiary/aromatic N) is 4. The highest BCUT2D eigenvalue weighted by Crippen LogP contribution is 2.42. The maximum absolute atomic E-state index is 10.4. The predicted molar refractivity (Wildman–Crippen MR) is 182 cm³/mol. The van der Waals surface area contributed by atoms with Gasteiger partial charge in [0.1, 0.15) is 0 Å². The molecule has 0 fully saturated rings. The highest BCUT2D eigenvalue weighted by atomic mass is 15.0. The number of pyridine rings is 1. The van der Waals surface area contributed by atoms with E-state index in [-0.39, 0.29) is 0 Å². The number of benzene rings is 5. The first-order chi connectivity index (χ1) is 21.4. The summed E-state index contributed by atoms with van der Waals surface area (Å²) >= 11 is 0. The smallest absolute Gasteiger partial charge is 0.0998 e. The summed E-state index contributed by atoms with van der Waals surface area (Å²) < 4.78 is 4.68. The molecule has 5 aromatic carbocycles. The number of nitriles is 1. The fourth-order valence-electron chi connectivity index (χ4n) is 6.85. The van der Waals surface area contributed by atoms with Crippen molar-refractivity contribution in [1.82, 2.24) is 14.1 Å². The Morgan fingerprint density at radius 1 is 0.523 bits per heavy atom. The lowest BCUT2D eigenvalue weighted by Gasteiger charge is -2.20. The molecule has 0 unspecified atom stereocenters. The highest BCUT2D eigenvalue weighted by molar-refractivity contribution is 6.12. The molecule has 0 N–H and O–H groups in total. The molecular formula is C40H30N4. The average molecular weight is 567 g/mol. The van der Waals surface area contributed by atoms with Crippen molar-refractivity contribution in [3.63, 3.8) is 0 Å². The number of fused-ring (bicyclic) bond motifs is 6. The first-order valence-electron chi connectivity index (χ1n) is 14.9.